The zero-order chi connectivity index (χ0) is 21.6. The van der Waals surface area contributed by atoms with Crippen LogP contribution in [0.1, 0.15) is 22.3 Å². The first kappa shape index (κ1) is 18.1. The molecule has 1 spiro atoms. The molecule has 0 radical (unpaired) electrons. The predicted octanol–water partition coefficient (Wildman–Crippen LogP) is 8.88. The van der Waals surface area contributed by atoms with E-state index in [1.165, 1.54) is 63.3 Å². The molecule has 0 unspecified atom stereocenters. The van der Waals surface area contributed by atoms with Gasteiger partial charge in [0, 0.05) is 30.0 Å². The third kappa shape index (κ3) is 2.18. The molecular weight excluding hydrogens is 436 g/mol. The fourth-order valence-electron chi connectivity index (χ4n) is 6.07. The van der Waals surface area contributed by atoms with Gasteiger partial charge >= 0.3 is 0 Å². The Morgan fingerprint density at radius 2 is 1.09 bits per heavy atom. The SMILES string of the molecule is c1ccc2c(c1)Sc1ccccc1C21c2ccccc2-c2cc3c(cc21)sc1ccccc13. The van der Waals surface area contributed by atoms with Crippen molar-refractivity contribution in [3.05, 3.63) is 131 Å². The highest BCUT2D eigenvalue weighted by Crippen LogP contribution is 2.62. The Labute approximate surface area is 200 Å². The first-order chi connectivity index (χ1) is 16.4. The van der Waals surface area contributed by atoms with E-state index in [1.807, 2.05) is 23.1 Å². The molecule has 2 heteroatoms. The van der Waals surface area contributed by atoms with Gasteiger partial charge in [-0.3, -0.25) is 0 Å². The van der Waals surface area contributed by atoms with Crippen molar-refractivity contribution in [1.29, 1.82) is 0 Å². The summed E-state index contributed by atoms with van der Waals surface area (Å²) in [6.07, 6.45) is 0. The van der Waals surface area contributed by atoms with Crippen molar-refractivity contribution in [3.63, 3.8) is 0 Å². The Kier molecular flexibility index (Phi) is 3.50. The molecule has 154 valence electrons. The lowest BCUT2D eigenvalue weighted by Crippen LogP contribution is -2.31. The van der Waals surface area contributed by atoms with E-state index in [-0.39, 0.29) is 5.41 Å². The van der Waals surface area contributed by atoms with Gasteiger partial charge in [0.1, 0.15) is 0 Å². The molecular formula is C31H18S2. The number of benzene rings is 5. The van der Waals surface area contributed by atoms with E-state index in [2.05, 4.69) is 109 Å². The van der Waals surface area contributed by atoms with Gasteiger partial charge in [-0.05, 0) is 63.7 Å². The smallest absolute Gasteiger partial charge is 0.0735 e. The van der Waals surface area contributed by atoms with Crippen LogP contribution in [0.2, 0.25) is 0 Å². The molecule has 0 fully saturated rings. The number of fused-ring (bicyclic) bond motifs is 12. The van der Waals surface area contributed by atoms with E-state index < -0.39 is 0 Å². The van der Waals surface area contributed by atoms with Crippen molar-refractivity contribution in [1.82, 2.24) is 0 Å². The molecule has 2 aliphatic rings. The highest BCUT2D eigenvalue weighted by Gasteiger charge is 2.50. The maximum atomic E-state index is 2.50. The molecule has 1 aliphatic carbocycles. The van der Waals surface area contributed by atoms with E-state index in [0.29, 0.717) is 0 Å². The molecule has 0 atom stereocenters. The Morgan fingerprint density at radius 3 is 1.88 bits per heavy atom. The Hall–Kier alpha value is -3.33. The normalized spacial score (nSPS) is 14.8. The summed E-state index contributed by atoms with van der Waals surface area (Å²) in [5, 5.41) is 2.73. The van der Waals surface area contributed by atoms with Crippen LogP contribution in [-0.4, -0.2) is 0 Å². The van der Waals surface area contributed by atoms with Crippen molar-refractivity contribution >= 4 is 43.3 Å². The second kappa shape index (κ2) is 6.38. The van der Waals surface area contributed by atoms with Crippen molar-refractivity contribution < 1.29 is 0 Å². The van der Waals surface area contributed by atoms with Crippen LogP contribution >= 0.6 is 23.1 Å². The Balaban J connectivity index is 1.60. The highest BCUT2D eigenvalue weighted by molar-refractivity contribution is 7.99. The topological polar surface area (TPSA) is 0 Å². The number of thiophene rings is 1. The molecule has 1 aromatic heterocycles. The summed E-state index contributed by atoms with van der Waals surface area (Å²) in [5.41, 5.74) is 8.08. The highest BCUT2D eigenvalue weighted by atomic mass is 32.2. The second-order valence-electron chi connectivity index (χ2n) is 8.88. The van der Waals surface area contributed by atoms with Crippen molar-refractivity contribution in [3.8, 4) is 11.1 Å². The standard InChI is InChI=1S/C31H18S2/c1-3-11-23-19(9-1)21-17-22-20-10-2-6-14-27(20)32-30(22)18-26(21)31(23)24-12-4-7-15-28(24)33-29-16-8-5-13-25(29)31/h1-18H. The molecule has 33 heavy (non-hydrogen) atoms. The second-order valence-corrected chi connectivity index (χ2v) is 11.0. The van der Waals surface area contributed by atoms with Gasteiger partial charge in [-0.2, -0.15) is 0 Å². The number of hydrogen-bond donors (Lipinski definition) is 0. The Morgan fingerprint density at radius 1 is 0.455 bits per heavy atom. The third-order valence-corrected chi connectivity index (χ3v) is 9.63. The van der Waals surface area contributed by atoms with Gasteiger partial charge in [-0.1, -0.05) is 90.6 Å². The van der Waals surface area contributed by atoms with Crippen LogP contribution in [0.4, 0.5) is 0 Å². The molecule has 0 N–H and O–H groups in total. The molecule has 0 amide bonds. The lowest BCUT2D eigenvalue weighted by atomic mass is 9.67. The lowest BCUT2D eigenvalue weighted by Gasteiger charge is -2.39. The molecule has 0 saturated heterocycles. The quantitative estimate of drug-likeness (QED) is 0.220. The van der Waals surface area contributed by atoms with Gasteiger partial charge in [0.05, 0.1) is 5.41 Å². The van der Waals surface area contributed by atoms with Gasteiger partial charge in [0.15, 0.2) is 0 Å². The van der Waals surface area contributed by atoms with E-state index in [1.54, 1.807) is 0 Å². The summed E-state index contributed by atoms with van der Waals surface area (Å²) < 4.78 is 2.73. The summed E-state index contributed by atoms with van der Waals surface area (Å²) in [6.45, 7) is 0. The van der Waals surface area contributed by atoms with Gasteiger partial charge < -0.3 is 0 Å². The fraction of sp³-hybridized carbons (Fsp3) is 0.0323. The largest absolute Gasteiger partial charge is 0.135 e. The average molecular weight is 455 g/mol. The first-order valence-electron chi connectivity index (χ1n) is 11.3. The van der Waals surface area contributed by atoms with Crippen LogP contribution in [-0.2, 0) is 5.41 Å². The minimum absolute atomic E-state index is 0.283. The Bertz CT molecular complexity index is 1710. The van der Waals surface area contributed by atoms with Crippen LogP contribution in [0.3, 0.4) is 0 Å². The van der Waals surface area contributed by atoms with E-state index in [0.717, 1.165) is 0 Å². The molecule has 5 aromatic carbocycles. The van der Waals surface area contributed by atoms with E-state index in [4.69, 9.17) is 0 Å². The summed E-state index contributed by atoms with van der Waals surface area (Å²) in [6, 6.07) is 40.8. The van der Waals surface area contributed by atoms with Crippen LogP contribution < -0.4 is 0 Å². The van der Waals surface area contributed by atoms with E-state index in [9.17, 15) is 0 Å². The summed E-state index contributed by atoms with van der Waals surface area (Å²) in [4.78, 5) is 2.71. The van der Waals surface area contributed by atoms with Crippen molar-refractivity contribution in [2.45, 2.75) is 15.2 Å². The summed E-state index contributed by atoms with van der Waals surface area (Å²) in [5.74, 6) is 0. The molecule has 0 bridgehead atoms. The van der Waals surface area contributed by atoms with Gasteiger partial charge in [-0.15, -0.1) is 11.3 Å². The van der Waals surface area contributed by atoms with Crippen molar-refractivity contribution in [2.75, 3.05) is 0 Å². The molecule has 0 nitrogen and oxygen atoms in total. The van der Waals surface area contributed by atoms with Crippen molar-refractivity contribution in [2.24, 2.45) is 0 Å². The van der Waals surface area contributed by atoms with Gasteiger partial charge in [0.25, 0.3) is 0 Å². The van der Waals surface area contributed by atoms with Crippen LogP contribution in [0, 0.1) is 0 Å². The zero-order valence-electron chi connectivity index (χ0n) is 17.7. The van der Waals surface area contributed by atoms with Crippen LogP contribution in [0.5, 0.6) is 0 Å². The average Bonchev–Trinajstić information content (AvgIpc) is 3.37. The molecule has 6 aromatic rings. The summed E-state index contributed by atoms with van der Waals surface area (Å²) in [7, 11) is 0. The maximum absolute atomic E-state index is 2.50. The van der Waals surface area contributed by atoms with E-state index >= 15 is 0 Å². The molecule has 1 aliphatic heterocycles. The monoisotopic (exact) mass is 454 g/mol. The van der Waals surface area contributed by atoms with Crippen LogP contribution in [0.15, 0.2) is 119 Å². The molecule has 8 rings (SSSR count). The number of rotatable bonds is 0. The minimum Gasteiger partial charge on any atom is -0.135 e. The maximum Gasteiger partial charge on any atom is 0.0735 e. The lowest BCUT2D eigenvalue weighted by molar-refractivity contribution is 0.723. The van der Waals surface area contributed by atoms with Gasteiger partial charge in [-0.25, -0.2) is 0 Å². The molecule has 0 saturated carbocycles. The van der Waals surface area contributed by atoms with Crippen LogP contribution in [0.25, 0.3) is 31.3 Å². The first-order valence-corrected chi connectivity index (χ1v) is 12.9. The third-order valence-electron chi connectivity index (χ3n) is 7.34. The number of hydrogen-bond acceptors (Lipinski definition) is 2. The fourth-order valence-corrected chi connectivity index (χ4v) is 8.39. The summed E-state index contributed by atoms with van der Waals surface area (Å²) >= 11 is 3.81. The minimum atomic E-state index is -0.283. The predicted molar refractivity (Wildman–Crippen MR) is 141 cm³/mol. The molecule has 2 heterocycles. The zero-order valence-corrected chi connectivity index (χ0v) is 19.3. The van der Waals surface area contributed by atoms with Gasteiger partial charge in [0.2, 0.25) is 0 Å².